The molecular formula is C12H12F2N2OS. The molecule has 0 spiro atoms. The number of hydrogen-bond acceptors (Lipinski definition) is 4. The fourth-order valence-electron chi connectivity index (χ4n) is 1.39. The van der Waals surface area contributed by atoms with Crippen molar-refractivity contribution in [3.05, 3.63) is 45.9 Å². The molecule has 0 radical (unpaired) electrons. The molecule has 0 aliphatic rings. The van der Waals surface area contributed by atoms with Crippen molar-refractivity contribution >= 4 is 11.3 Å². The summed E-state index contributed by atoms with van der Waals surface area (Å²) in [5.74, 6) is -1.30. The fourth-order valence-corrected chi connectivity index (χ4v) is 2.18. The Morgan fingerprint density at radius 3 is 2.94 bits per heavy atom. The van der Waals surface area contributed by atoms with Gasteiger partial charge in [-0.25, -0.2) is 13.8 Å². The average Bonchev–Trinajstić information content (AvgIpc) is 2.76. The van der Waals surface area contributed by atoms with Gasteiger partial charge in [-0.2, -0.15) is 0 Å². The largest absolute Gasteiger partial charge is 0.484 e. The van der Waals surface area contributed by atoms with E-state index in [1.807, 2.05) is 12.4 Å². The predicted molar refractivity (Wildman–Crippen MR) is 65.6 cm³/mol. The van der Waals surface area contributed by atoms with Crippen molar-refractivity contribution in [1.29, 1.82) is 0 Å². The van der Waals surface area contributed by atoms with E-state index in [4.69, 9.17) is 4.74 Å². The normalized spacial score (nSPS) is 10.6. The second-order valence-corrected chi connectivity index (χ2v) is 4.57. The molecular weight excluding hydrogens is 258 g/mol. The van der Waals surface area contributed by atoms with Gasteiger partial charge in [0.1, 0.15) is 17.4 Å². The van der Waals surface area contributed by atoms with Crippen LogP contribution in [-0.2, 0) is 13.2 Å². The topological polar surface area (TPSA) is 34.2 Å². The van der Waals surface area contributed by atoms with Gasteiger partial charge in [-0.3, -0.25) is 0 Å². The minimum Gasteiger partial charge on any atom is -0.484 e. The lowest BCUT2D eigenvalue weighted by Gasteiger charge is -2.05. The highest BCUT2D eigenvalue weighted by atomic mass is 32.1. The van der Waals surface area contributed by atoms with E-state index in [0.717, 1.165) is 22.8 Å². The number of rotatable bonds is 5. The minimum absolute atomic E-state index is 0.0274. The van der Waals surface area contributed by atoms with Gasteiger partial charge in [0.2, 0.25) is 0 Å². The Morgan fingerprint density at radius 2 is 2.22 bits per heavy atom. The van der Waals surface area contributed by atoms with Crippen molar-refractivity contribution in [3.8, 4) is 5.75 Å². The van der Waals surface area contributed by atoms with Crippen LogP contribution in [0.3, 0.4) is 0 Å². The fraction of sp³-hybridized carbons (Fsp3) is 0.250. The quantitative estimate of drug-likeness (QED) is 0.907. The highest BCUT2D eigenvalue weighted by molar-refractivity contribution is 7.09. The van der Waals surface area contributed by atoms with Gasteiger partial charge in [-0.15, -0.1) is 11.3 Å². The van der Waals surface area contributed by atoms with Crippen molar-refractivity contribution in [1.82, 2.24) is 10.3 Å². The van der Waals surface area contributed by atoms with Crippen LogP contribution in [0.25, 0.3) is 0 Å². The SMILES string of the molecule is CNCc1nc(COc2ccc(F)cc2F)cs1. The van der Waals surface area contributed by atoms with E-state index in [1.54, 1.807) is 0 Å². The van der Waals surface area contributed by atoms with Gasteiger partial charge in [-0.1, -0.05) is 0 Å². The third kappa shape index (κ3) is 3.24. The number of thiazole rings is 1. The number of aromatic nitrogens is 1. The van der Waals surface area contributed by atoms with Crippen LogP contribution in [0.4, 0.5) is 8.78 Å². The van der Waals surface area contributed by atoms with E-state index in [2.05, 4.69) is 10.3 Å². The molecule has 1 aromatic carbocycles. The van der Waals surface area contributed by atoms with Gasteiger partial charge in [0.05, 0.1) is 5.69 Å². The Bertz CT molecular complexity index is 531. The van der Waals surface area contributed by atoms with Crippen LogP contribution >= 0.6 is 11.3 Å². The van der Waals surface area contributed by atoms with Crippen molar-refractivity contribution in [2.45, 2.75) is 13.2 Å². The molecule has 0 atom stereocenters. The van der Waals surface area contributed by atoms with Crippen LogP contribution < -0.4 is 10.1 Å². The molecule has 0 amide bonds. The zero-order valence-corrected chi connectivity index (χ0v) is 10.6. The van der Waals surface area contributed by atoms with Gasteiger partial charge >= 0.3 is 0 Å². The number of nitrogens with zero attached hydrogens (tertiary/aromatic N) is 1. The van der Waals surface area contributed by atoms with E-state index < -0.39 is 11.6 Å². The molecule has 2 aromatic rings. The number of nitrogens with one attached hydrogen (secondary N) is 1. The summed E-state index contributed by atoms with van der Waals surface area (Å²) in [6.45, 7) is 0.859. The lowest BCUT2D eigenvalue weighted by atomic mass is 10.3. The van der Waals surface area contributed by atoms with Crippen molar-refractivity contribution < 1.29 is 13.5 Å². The minimum atomic E-state index is -0.708. The molecule has 0 fully saturated rings. The molecule has 0 unspecified atom stereocenters. The Hall–Kier alpha value is -1.53. The number of hydrogen-bond donors (Lipinski definition) is 1. The van der Waals surface area contributed by atoms with E-state index in [0.29, 0.717) is 6.54 Å². The van der Waals surface area contributed by atoms with Gasteiger partial charge in [0.15, 0.2) is 11.6 Å². The maximum Gasteiger partial charge on any atom is 0.167 e. The maximum atomic E-state index is 13.3. The lowest BCUT2D eigenvalue weighted by Crippen LogP contribution is -2.05. The Morgan fingerprint density at radius 1 is 1.39 bits per heavy atom. The van der Waals surface area contributed by atoms with Crippen LogP contribution in [0.5, 0.6) is 5.75 Å². The molecule has 0 saturated heterocycles. The monoisotopic (exact) mass is 270 g/mol. The summed E-state index contributed by atoms with van der Waals surface area (Å²) >= 11 is 1.51. The summed E-state index contributed by atoms with van der Waals surface area (Å²) in [5, 5.41) is 5.79. The van der Waals surface area contributed by atoms with Crippen LogP contribution in [0, 0.1) is 11.6 Å². The third-order valence-corrected chi connectivity index (χ3v) is 3.09. The average molecular weight is 270 g/mol. The lowest BCUT2D eigenvalue weighted by molar-refractivity contribution is 0.285. The van der Waals surface area contributed by atoms with Gasteiger partial charge < -0.3 is 10.1 Å². The Labute approximate surface area is 107 Å². The third-order valence-electron chi connectivity index (χ3n) is 2.20. The first-order valence-electron chi connectivity index (χ1n) is 5.35. The second-order valence-electron chi connectivity index (χ2n) is 3.63. The van der Waals surface area contributed by atoms with Gasteiger partial charge in [-0.05, 0) is 19.2 Å². The van der Waals surface area contributed by atoms with E-state index in [1.165, 1.54) is 17.4 Å². The Kier molecular flexibility index (Phi) is 4.22. The van der Waals surface area contributed by atoms with Crippen molar-refractivity contribution in [2.24, 2.45) is 0 Å². The molecule has 18 heavy (non-hydrogen) atoms. The van der Waals surface area contributed by atoms with Gasteiger partial charge in [0, 0.05) is 18.0 Å². The summed E-state index contributed by atoms with van der Waals surface area (Å²) in [4.78, 5) is 4.30. The summed E-state index contributed by atoms with van der Waals surface area (Å²) in [6, 6.07) is 3.22. The summed E-state index contributed by atoms with van der Waals surface area (Å²) in [7, 11) is 1.84. The van der Waals surface area contributed by atoms with Crippen molar-refractivity contribution in [2.75, 3.05) is 7.05 Å². The van der Waals surface area contributed by atoms with E-state index >= 15 is 0 Å². The molecule has 1 aromatic heterocycles. The highest BCUT2D eigenvalue weighted by Crippen LogP contribution is 2.19. The second kappa shape index (κ2) is 5.88. The first kappa shape index (κ1) is 12.9. The summed E-state index contributed by atoms with van der Waals surface area (Å²) in [5.41, 5.74) is 0.731. The highest BCUT2D eigenvalue weighted by Gasteiger charge is 2.07. The van der Waals surface area contributed by atoms with Crippen LogP contribution in [-0.4, -0.2) is 12.0 Å². The molecule has 6 heteroatoms. The van der Waals surface area contributed by atoms with Crippen LogP contribution in [0.1, 0.15) is 10.7 Å². The molecule has 1 N–H and O–H groups in total. The molecule has 0 aliphatic carbocycles. The van der Waals surface area contributed by atoms with Crippen LogP contribution in [0.2, 0.25) is 0 Å². The Balaban J connectivity index is 1.97. The maximum absolute atomic E-state index is 13.3. The smallest absolute Gasteiger partial charge is 0.167 e. The number of halogens is 2. The zero-order chi connectivity index (χ0) is 13.0. The van der Waals surface area contributed by atoms with Gasteiger partial charge in [0.25, 0.3) is 0 Å². The summed E-state index contributed by atoms with van der Waals surface area (Å²) in [6.07, 6.45) is 0. The number of ether oxygens (including phenoxy) is 1. The van der Waals surface area contributed by atoms with E-state index in [9.17, 15) is 8.78 Å². The molecule has 2 rings (SSSR count). The summed E-state index contributed by atoms with van der Waals surface area (Å²) < 4.78 is 31.2. The van der Waals surface area contributed by atoms with E-state index in [-0.39, 0.29) is 12.4 Å². The molecule has 0 aliphatic heterocycles. The molecule has 0 bridgehead atoms. The molecule has 96 valence electrons. The first-order valence-corrected chi connectivity index (χ1v) is 6.22. The number of benzene rings is 1. The first-order chi connectivity index (χ1) is 8.69. The molecule has 1 heterocycles. The predicted octanol–water partition coefficient (Wildman–Crippen LogP) is 2.72. The standard InChI is InChI=1S/C12H12F2N2OS/c1-15-5-12-16-9(7-18-12)6-17-11-3-2-8(13)4-10(11)14/h2-4,7,15H,5-6H2,1H3. The van der Waals surface area contributed by atoms with Crippen molar-refractivity contribution in [3.63, 3.8) is 0 Å². The van der Waals surface area contributed by atoms with Crippen LogP contribution in [0.15, 0.2) is 23.6 Å². The zero-order valence-electron chi connectivity index (χ0n) is 9.74. The molecule has 3 nitrogen and oxygen atoms in total. The molecule has 0 saturated carbocycles.